The molecule has 1 aromatic rings. The highest BCUT2D eigenvalue weighted by atomic mass is 16.3. The maximum Gasteiger partial charge on any atom is 0.287 e. The van der Waals surface area contributed by atoms with Crippen molar-refractivity contribution in [1.82, 2.24) is 5.32 Å². The molecule has 0 aliphatic carbocycles. The second-order valence-corrected chi connectivity index (χ2v) is 3.35. The predicted octanol–water partition coefficient (Wildman–Crippen LogP) is 2.12. The molecule has 0 spiro atoms. The molecule has 0 unspecified atom stereocenters. The first-order chi connectivity index (χ1) is 7.25. The first-order valence-corrected chi connectivity index (χ1v) is 5.01. The largest absolute Gasteiger partial charge is 0.459 e. The van der Waals surface area contributed by atoms with E-state index in [2.05, 4.69) is 11.2 Å². The standard InChI is InChI=1S/C12H15NO2/c1-3-4-5-6-8-13-12(14)11-10(2)7-9-15-11/h1,7,9H,4-6,8H2,2H3,(H,13,14). The number of carbonyl (C=O) groups excluding carboxylic acids is 1. The lowest BCUT2D eigenvalue weighted by molar-refractivity contribution is 0.0924. The van der Waals surface area contributed by atoms with E-state index >= 15 is 0 Å². The molecule has 0 fully saturated rings. The summed E-state index contributed by atoms with van der Waals surface area (Å²) in [7, 11) is 0. The van der Waals surface area contributed by atoms with Crippen LogP contribution in [0, 0.1) is 19.3 Å². The highest BCUT2D eigenvalue weighted by Gasteiger charge is 2.10. The minimum atomic E-state index is -0.154. The molecule has 1 rings (SSSR count). The van der Waals surface area contributed by atoms with Gasteiger partial charge in [0.2, 0.25) is 0 Å². The summed E-state index contributed by atoms with van der Waals surface area (Å²) in [5.74, 6) is 2.80. The third-order valence-corrected chi connectivity index (χ3v) is 2.10. The van der Waals surface area contributed by atoms with Crippen molar-refractivity contribution in [2.45, 2.75) is 26.2 Å². The fourth-order valence-corrected chi connectivity index (χ4v) is 1.24. The Labute approximate surface area is 89.9 Å². The van der Waals surface area contributed by atoms with Gasteiger partial charge in [-0.05, 0) is 25.8 Å². The Bertz CT molecular complexity index is 360. The summed E-state index contributed by atoms with van der Waals surface area (Å²) in [6, 6.07) is 1.77. The third kappa shape index (κ3) is 3.51. The van der Waals surface area contributed by atoms with E-state index in [1.165, 1.54) is 6.26 Å². The lowest BCUT2D eigenvalue weighted by atomic mass is 10.2. The normalized spacial score (nSPS) is 9.60. The molecule has 80 valence electrons. The Morgan fingerprint density at radius 2 is 2.40 bits per heavy atom. The highest BCUT2D eigenvalue weighted by molar-refractivity contribution is 5.92. The van der Waals surface area contributed by atoms with Gasteiger partial charge in [0.05, 0.1) is 6.26 Å². The van der Waals surface area contributed by atoms with Crippen molar-refractivity contribution in [3.05, 3.63) is 23.7 Å². The fourth-order valence-electron chi connectivity index (χ4n) is 1.24. The molecule has 3 nitrogen and oxygen atoms in total. The third-order valence-electron chi connectivity index (χ3n) is 2.10. The summed E-state index contributed by atoms with van der Waals surface area (Å²) in [5, 5.41) is 2.78. The van der Waals surface area contributed by atoms with E-state index in [4.69, 9.17) is 10.8 Å². The molecule has 1 aromatic heterocycles. The van der Waals surface area contributed by atoms with Gasteiger partial charge < -0.3 is 9.73 Å². The number of unbranched alkanes of at least 4 members (excludes halogenated alkanes) is 2. The van der Waals surface area contributed by atoms with Crippen LogP contribution in [-0.2, 0) is 0 Å². The topological polar surface area (TPSA) is 42.2 Å². The van der Waals surface area contributed by atoms with Crippen LogP contribution < -0.4 is 5.32 Å². The van der Waals surface area contributed by atoms with E-state index in [9.17, 15) is 4.79 Å². The molecule has 15 heavy (non-hydrogen) atoms. The summed E-state index contributed by atoms with van der Waals surface area (Å²) in [6.45, 7) is 2.48. The lowest BCUT2D eigenvalue weighted by Crippen LogP contribution is -2.24. The van der Waals surface area contributed by atoms with Crippen LogP contribution in [0.4, 0.5) is 0 Å². The van der Waals surface area contributed by atoms with Crippen LogP contribution in [0.25, 0.3) is 0 Å². The first kappa shape index (κ1) is 11.4. The van der Waals surface area contributed by atoms with Gasteiger partial charge in [0, 0.05) is 18.5 Å². The maximum atomic E-state index is 11.5. The molecule has 0 aromatic carbocycles. The van der Waals surface area contributed by atoms with Crippen molar-refractivity contribution in [2.75, 3.05) is 6.54 Å². The molecule has 1 heterocycles. The van der Waals surface area contributed by atoms with Gasteiger partial charge in [0.25, 0.3) is 5.91 Å². The van der Waals surface area contributed by atoms with E-state index < -0.39 is 0 Å². The van der Waals surface area contributed by atoms with E-state index in [-0.39, 0.29) is 5.91 Å². The van der Waals surface area contributed by atoms with Gasteiger partial charge >= 0.3 is 0 Å². The minimum Gasteiger partial charge on any atom is -0.459 e. The Hall–Kier alpha value is -1.69. The first-order valence-electron chi connectivity index (χ1n) is 5.01. The van der Waals surface area contributed by atoms with Crippen LogP contribution in [0.15, 0.2) is 16.7 Å². The Morgan fingerprint density at radius 1 is 1.60 bits per heavy atom. The van der Waals surface area contributed by atoms with Gasteiger partial charge in [-0.1, -0.05) is 0 Å². The van der Waals surface area contributed by atoms with Crippen LogP contribution >= 0.6 is 0 Å². The molecule has 0 aliphatic rings. The number of hydrogen-bond donors (Lipinski definition) is 1. The Balaban J connectivity index is 2.26. The summed E-state index contributed by atoms with van der Waals surface area (Å²) in [6.07, 6.45) is 9.23. The van der Waals surface area contributed by atoms with E-state index in [0.29, 0.717) is 12.3 Å². The maximum absolute atomic E-state index is 11.5. The number of hydrogen-bond acceptors (Lipinski definition) is 2. The van der Waals surface area contributed by atoms with Crippen LogP contribution in [-0.4, -0.2) is 12.5 Å². The van der Waals surface area contributed by atoms with Gasteiger partial charge in [-0.3, -0.25) is 4.79 Å². The smallest absolute Gasteiger partial charge is 0.287 e. The number of aryl methyl sites for hydroxylation is 1. The molecule has 0 aliphatic heterocycles. The van der Waals surface area contributed by atoms with Crippen LogP contribution in [0.5, 0.6) is 0 Å². The second-order valence-electron chi connectivity index (χ2n) is 3.35. The average Bonchev–Trinajstić information content (AvgIpc) is 2.64. The lowest BCUT2D eigenvalue weighted by Gasteiger charge is -2.02. The molecule has 0 saturated carbocycles. The molecule has 0 radical (unpaired) electrons. The zero-order chi connectivity index (χ0) is 11.1. The molecule has 0 atom stereocenters. The molecular weight excluding hydrogens is 190 g/mol. The quantitative estimate of drug-likeness (QED) is 0.591. The van der Waals surface area contributed by atoms with Gasteiger partial charge in [-0.2, -0.15) is 0 Å². The van der Waals surface area contributed by atoms with Crippen molar-refractivity contribution in [1.29, 1.82) is 0 Å². The number of rotatable bonds is 5. The number of furan rings is 1. The average molecular weight is 205 g/mol. The molecule has 1 amide bonds. The zero-order valence-corrected chi connectivity index (χ0v) is 8.88. The van der Waals surface area contributed by atoms with Crippen LogP contribution in [0.2, 0.25) is 0 Å². The van der Waals surface area contributed by atoms with Crippen molar-refractivity contribution in [3.63, 3.8) is 0 Å². The Kier molecular flexibility index (Phi) is 4.49. The second kappa shape index (κ2) is 5.92. The van der Waals surface area contributed by atoms with Crippen molar-refractivity contribution in [3.8, 4) is 12.3 Å². The number of nitrogens with one attached hydrogen (secondary N) is 1. The van der Waals surface area contributed by atoms with Crippen molar-refractivity contribution in [2.24, 2.45) is 0 Å². The van der Waals surface area contributed by atoms with Crippen LogP contribution in [0.3, 0.4) is 0 Å². The van der Waals surface area contributed by atoms with Gasteiger partial charge in [0.15, 0.2) is 5.76 Å². The zero-order valence-electron chi connectivity index (χ0n) is 8.88. The van der Waals surface area contributed by atoms with Crippen LogP contribution in [0.1, 0.15) is 35.4 Å². The summed E-state index contributed by atoms with van der Waals surface area (Å²) < 4.78 is 5.06. The highest BCUT2D eigenvalue weighted by Crippen LogP contribution is 2.07. The van der Waals surface area contributed by atoms with Gasteiger partial charge in [0.1, 0.15) is 0 Å². The molecule has 0 saturated heterocycles. The summed E-state index contributed by atoms with van der Waals surface area (Å²) in [4.78, 5) is 11.5. The van der Waals surface area contributed by atoms with Gasteiger partial charge in [-0.25, -0.2) is 0 Å². The fraction of sp³-hybridized carbons (Fsp3) is 0.417. The predicted molar refractivity (Wildman–Crippen MR) is 58.5 cm³/mol. The van der Waals surface area contributed by atoms with E-state index in [1.807, 2.05) is 6.92 Å². The summed E-state index contributed by atoms with van der Waals surface area (Å²) in [5.41, 5.74) is 0.858. The molecule has 3 heteroatoms. The molecule has 0 bridgehead atoms. The van der Waals surface area contributed by atoms with Crippen molar-refractivity contribution < 1.29 is 9.21 Å². The Morgan fingerprint density at radius 3 is 3.00 bits per heavy atom. The van der Waals surface area contributed by atoms with Crippen molar-refractivity contribution >= 4 is 5.91 Å². The number of terminal acetylenes is 1. The number of carbonyl (C=O) groups is 1. The number of amides is 1. The molecule has 1 N–H and O–H groups in total. The molecular formula is C12H15NO2. The summed E-state index contributed by atoms with van der Waals surface area (Å²) >= 11 is 0. The minimum absolute atomic E-state index is 0.154. The van der Waals surface area contributed by atoms with E-state index in [1.54, 1.807) is 6.07 Å². The van der Waals surface area contributed by atoms with Gasteiger partial charge in [-0.15, -0.1) is 12.3 Å². The SMILES string of the molecule is C#CCCCCNC(=O)c1occc1C. The van der Waals surface area contributed by atoms with E-state index in [0.717, 1.165) is 24.8 Å². The monoisotopic (exact) mass is 205 g/mol.